The molecule has 0 radical (unpaired) electrons. The number of thiophene rings is 1. The third-order valence-corrected chi connectivity index (χ3v) is 5.50. The molecule has 0 aliphatic carbocycles. The fourth-order valence-corrected chi connectivity index (χ4v) is 3.86. The van der Waals surface area contributed by atoms with Crippen LogP contribution in [-0.4, -0.2) is 19.8 Å². The molecular weight excluding hydrogens is 381 g/mol. The van der Waals surface area contributed by atoms with Crippen molar-refractivity contribution in [3.05, 3.63) is 65.0 Å². The summed E-state index contributed by atoms with van der Waals surface area (Å²) in [6, 6.07) is 12.7. The highest BCUT2D eigenvalue weighted by Gasteiger charge is 2.29. The average Bonchev–Trinajstić information content (AvgIpc) is 3.28. The topological polar surface area (TPSA) is 43.1 Å². The molecule has 0 saturated heterocycles. The summed E-state index contributed by atoms with van der Waals surface area (Å²) in [7, 11) is 0. The lowest BCUT2D eigenvalue weighted by atomic mass is 10.1. The van der Waals surface area contributed by atoms with Crippen molar-refractivity contribution < 1.29 is 13.2 Å². The zero-order valence-electron chi connectivity index (χ0n) is 13.1. The minimum atomic E-state index is -4.31. The number of alkyl halides is 3. The third kappa shape index (κ3) is 3.45. The zero-order chi connectivity index (χ0) is 18.1. The molecule has 3 heterocycles. The van der Waals surface area contributed by atoms with Crippen molar-refractivity contribution in [3.63, 3.8) is 0 Å². The van der Waals surface area contributed by atoms with Gasteiger partial charge in [-0.3, -0.25) is 0 Å². The molecule has 4 nitrogen and oxygen atoms in total. The lowest BCUT2D eigenvalue weighted by Gasteiger charge is -2.07. The first-order valence-corrected chi connectivity index (χ1v) is 9.42. The monoisotopic (exact) mass is 392 g/mol. The van der Waals surface area contributed by atoms with Crippen molar-refractivity contribution in [1.82, 2.24) is 19.8 Å². The van der Waals surface area contributed by atoms with Gasteiger partial charge in [-0.2, -0.15) is 22.8 Å². The molecule has 0 aliphatic rings. The molecule has 0 bridgehead atoms. The maximum atomic E-state index is 12.6. The maximum Gasteiger partial charge on any atom is 0.416 e. The second-order valence-electron chi connectivity index (χ2n) is 5.43. The Bertz CT molecular complexity index is 1020. The van der Waals surface area contributed by atoms with E-state index in [1.807, 2.05) is 29.6 Å². The molecule has 0 saturated carbocycles. The summed E-state index contributed by atoms with van der Waals surface area (Å²) in [5.74, 6) is 1.19. The van der Waals surface area contributed by atoms with Crippen molar-refractivity contribution >= 4 is 28.7 Å². The van der Waals surface area contributed by atoms with Crippen LogP contribution in [0.15, 0.2) is 58.9 Å². The number of benzene rings is 1. The van der Waals surface area contributed by atoms with Crippen LogP contribution in [0, 0.1) is 0 Å². The number of aromatic nitrogens is 4. The zero-order valence-corrected chi connectivity index (χ0v) is 14.8. The van der Waals surface area contributed by atoms with Gasteiger partial charge in [0.2, 0.25) is 0 Å². The van der Waals surface area contributed by atoms with Gasteiger partial charge in [0, 0.05) is 5.75 Å². The standard InChI is InChI=1S/C17H11F3N4S2/c18-17(19,20)12-5-3-11(4-6-12)10-26-15-8-7-14-21-22-16(24(14)23-15)13-2-1-9-25-13/h1-9H,10H2. The lowest BCUT2D eigenvalue weighted by molar-refractivity contribution is -0.137. The summed E-state index contributed by atoms with van der Waals surface area (Å²) < 4.78 is 39.5. The SMILES string of the molecule is FC(F)(F)c1ccc(CSc2ccc3nnc(-c4cccs4)n3n2)cc1. The van der Waals surface area contributed by atoms with Crippen LogP contribution in [0.5, 0.6) is 0 Å². The molecular formula is C17H11F3N4S2. The summed E-state index contributed by atoms with van der Waals surface area (Å²) in [5, 5.41) is 15.5. The van der Waals surface area contributed by atoms with Crippen LogP contribution in [-0.2, 0) is 11.9 Å². The van der Waals surface area contributed by atoms with Gasteiger partial charge in [0.25, 0.3) is 0 Å². The van der Waals surface area contributed by atoms with Crippen LogP contribution in [0.3, 0.4) is 0 Å². The Morgan fingerprint density at radius 1 is 1.00 bits per heavy atom. The highest BCUT2D eigenvalue weighted by atomic mass is 32.2. The molecule has 0 amide bonds. The van der Waals surface area contributed by atoms with E-state index in [1.165, 1.54) is 23.9 Å². The molecule has 3 aromatic heterocycles. The smallest absolute Gasteiger partial charge is 0.191 e. The summed E-state index contributed by atoms with van der Waals surface area (Å²) in [6.45, 7) is 0. The Labute approximate surface area is 154 Å². The molecule has 0 N–H and O–H groups in total. The van der Waals surface area contributed by atoms with Gasteiger partial charge < -0.3 is 0 Å². The summed E-state index contributed by atoms with van der Waals surface area (Å²) in [4.78, 5) is 0.967. The minimum Gasteiger partial charge on any atom is -0.191 e. The van der Waals surface area contributed by atoms with Crippen LogP contribution in [0.1, 0.15) is 11.1 Å². The van der Waals surface area contributed by atoms with E-state index in [-0.39, 0.29) is 0 Å². The highest BCUT2D eigenvalue weighted by Crippen LogP contribution is 2.30. The molecule has 1 aromatic carbocycles. The van der Waals surface area contributed by atoms with Gasteiger partial charge in [-0.15, -0.1) is 21.5 Å². The predicted molar refractivity (Wildman–Crippen MR) is 95.1 cm³/mol. The number of hydrogen-bond acceptors (Lipinski definition) is 5. The maximum absolute atomic E-state index is 12.6. The van der Waals surface area contributed by atoms with Crippen LogP contribution < -0.4 is 0 Å². The molecule has 0 aliphatic heterocycles. The van der Waals surface area contributed by atoms with Crippen LogP contribution in [0.4, 0.5) is 13.2 Å². The minimum absolute atomic E-state index is 0.521. The number of rotatable bonds is 4. The number of fused-ring (bicyclic) bond motifs is 1. The van der Waals surface area contributed by atoms with Crippen LogP contribution >= 0.6 is 23.1 Å². The van der Waals surface area contributed by atoms with Crippen molar-refractivity contribution in [1.29, 1.82) is 0 Å². The van der Waals surface area contributed by atoms with E-state index in [9.17, 15) is 13.2 Å². The van der Waals surface area contributed by atoms with Gasteiger partial charge in [-0.25, -0.2) is 0 Å². The average molecular weight is 392 g/mol. The highest BCUT2D eigenvalue weighted by molar-refractivity contribution is 7.98. The fraction of sp³-hybridized carbons (Fsp3) is 0.118. The molecule has 26 heavy (non-hydrogen) atoms. The quantitative estimate of drug-likeness (QED) is 0.450. The van der Waals surface area contributed by atoms with Crippen molar-refractivity contribution in [2.24, 2.45) is 0 Å². The van der Waals surface area contributed by atoms with Gasteiger partial charge in [0.1, 0.15) is 5.03 Å². The van der Waals surface area contributed by atoms with Gasteiger partial charge in [0.05, 0.1) is 10.4 Å². The van der Waals surface area contributed by atoms with E-state index in [0.717, 1.165) is 27.6 Å². The van der Waals surface area contributed by atoms with E-state index >= 15 is 0 Å². The summed E-state index contributed by atoms with van der Waals surface area (Å²) >= 11 is 3.00. The van der Waals surface area contributed by atoms with Gasteiger partial charge in [-0.05, 0) is 41.3 Å². The van der Waals surface area contributed by atoms with E-state index in [0.29, 0.717) is 17.2 Å². The Balaban J connectivity index is 1.53. The van der Waals surface area contributed by atoms with E-state index < -0.39 is 11.7 Å². The van der Waals surface area contributed by atoms with Crippen molar-refractivity contribution in [2.75, 3.05) is 0 Å². The van der Waals surface area contributed by atoms with E-state index in [2.05, 4.69) is 15.3 Å². The van der Waals surface area contributed by atoms with Crippen LogP contribution in [0.25, 0.3) is 16.3 Å². The molecule has 0 unspecified atom stereocenters. The number of thioether (sulfide) groups is 1. The molecule has 9 heteroatoms. The first-order valence-electron chi connectivity index (χ1n) is 7.56. The summed E-state index contributed by atoms with van der Waals surface area (Å²) in [5.41, 5.74) is 0.801. The second-order valence-corrected chi connectivity index (χ2v) is 7.37. The Morgan fingerprint density at radius 2 is 1.81 bits per heavy atom. The second kappa shape index (κ2) is 6.73. The van der Waals surface area contributed by atoms with Crippen LogP contribution in [0.2, 0.25) is 0 Å². The molecule has 4 rings (SSSR count). The fourth-order valence-electron chi connectivity index (χ4n) is 2.36. The predicted octanol–water partition coefficient (Wildman–Crippen LogP) is 5.16. The van der Waals surface area contributed by atoms with Gasteiger partial charge >= 0.3 is 6.18 Å². The Morgan fingerprint density at radius 3 is 2.50 bits per heavy atom. The van der Waals surface area contributed by atoms with E-state index in [1.54, 1.807) is 15.9 Å². The third-order valence-electron chi connectivity index (χ3n) is 3.65. The largest absolute Gasteiger partial charge is 0.416 e. The number of nitrogens with zero attached hydrogens (tertiary/aromatic N) is 4. The van der Waals surface area contributed by atoms with Gasteiger partial charge in [0.15, 0.2) is 11.5 Å². The molecule has 0 fully saturated rings. The van der Waals surface area contributed by atoms with Crippen molar-refractivity contribution in [3.8, 4) is 10.7 Å². The molecule has 0 atom stereocenters. The molecule has 0 spiro atoms. The molecule has 4 aromatic rings. The number of halogens is 3. The first-order chi connectivity index (χ1) is 12.5. The Hall–Kier alpha value is -2.39. The summed E-state index contributed by atoms with van der Waals surface area (Å²) in [6.07, 6.45) is -4.31. The molecule has 132 valence electrons. The Kier molecular flexibility index (Phi) is 4.41. The first kappa shape index (κ1) is 17.0. The normalized spacial score (nSPS) is 12.0. The lowest BCUT2D eigenvalue weighted by Crippen LogP contribution is -2.04. The number of hydrogen-bond donors (Lipinski definition) is 0. The van der Waals surface area contributed by atoms with E-state index in [4.69, 9.17) is 0 Å². The van der Waals surface area contributed by atoms with Crippen molar-refractivity contribution in [2.45, 2.75) is 17.0 Å². The van der Waals surface area contributed by atoms with Gasteiger partial charge in [-0.1, -0.05) is 30.0 Å².